The molecule has 102 valence electrons. The second-order valence-corrected chi connectivity index (χ2v) is 6.30. The zero-order valence-electron chi connectivity index (χ0n) is 9.73. The van der Waals surface area contributed by atoms with E-state index in [2.05, 4.69) is 15.1 Å². The van der Waals surface area contributed by atoms with E-state index in [0.29, 0.717) is 0 Å². The summed E-state index contributed by atoms with van der Waals surface area (Å²) >= 11 is 11.8. The Hall–Kier alpha value is -1.70. The van der Waals surface area contributed by atoms with E-state index in [1.165, 1.54) is 12.1 Å². The lowest BCUT2D eigenvalue weighted by Gasteiger charge is -2.04. The quantitative estimate of drug-likeness (QED) is 0.675. The molecule has 0 aliphatic rings. The maximum Gasteiger partial charge on any atom is 0.285 e. The van der Waals surface area contributed by atoms with E-state index < -0.39 is 10.0 Å². The SMILES string of the molecule is O=S(=O)(c1ccccc1)n1nc(Cl)c2c(Cl)ncnc21. The Kier molecular flexibility index (Phi) is 3.12. The second kappa shape index (κ2) is 4.69. The van der Waals surface area contributed by atoms with Crippen LogP contribution in [0.3, 0.4) is 0 Å². The van der Waals surface area contributed by atoms with Gasteiger partial charge in [0.15, 0.2) is 10.8 Å². The molecule has 0 fully saturated rings. The first-order valence-corrected chi connectivity index (χ1v) is 7.57. The predicted molar refractivity (Wildman–Crippen MR) is 74.4 cm³/mol. The summed E-state index contributed by atoms with van der Waals surface area (Å²) in [6.07, 6.45) is 1.15. The second-order valence-electron chi connectivity index (χ2n) is 3.81. The normalized spacial score (nSPS) is 11.9. The van der Waals surface area contributed by atoms with Gasteiger partial charge in [0, 0.05) is 0 Å². The summed E-state index contributed by atoms with van der Waals surface area (Å²) < 4.78 is 25.8. The van der Waals surface area contributed by atoms with Crippen LogP contribution in [0.5, 0.6) is 0 Å². The van der Waals surface area contributed by atoms with Crippen LogP contribution in [0.1, 0.15) is 0 Å². The largest absolute Gasteiger partial charge is 0.285 e. The molecular weight excluding hydrogens is 323 g/mol. The fourth-order valence-corrected chi connectivity index (χ4v) is 3.53. The Balaban J connectivity index is 2.34. The first-order valence-electron chi connectivity index (χ1n) is 5.37. The van der Waals surface area contributed by atoms with Gasteiger partial charge in [0.1, 0.15) is 11.5 Å². The minimum absolute atomic E-state index is 0.0406. The molecule has 0 aliphatic heterocycles. The number of halogens is 2. The fourth-order valence-electron chi connectivity index (χ4n) is 1.71. The van der Waals surface area contributed by atoms with Crippen molar-refractivity contribution in [1.29, 1.82) is 0 Å². The van der Waals surface area contributed by atoms with Gasteiger partial charge in [-0.25, -0.2) is 9.97 Å². The van der Waals surface area contributed by atoms with Gasteiger partial charge in [0.2, 0.25) is 0 Å². The summed E-state index contributed by atoms with van der Waals surface area (Å²) in [5.41, 5.74) is 0.0406. The Morgan fingerprint density at radius 3 is 2.40 bits per heavy atom. The first kappa shape index (κ1) is 13.3. The Bertz CT molecular complexity index is 893. The van der Waals surface area contributed by atoms with Gasteiger partial charge in [-0.15, -0.1) is 9.19 Å². The zero-order valence-corrected chi connectivity index (χ0v) is 12.1. The minimum Gasteiger partial charge on any atom is -0.224 e. The summed E-state index contributed by atoms with van der Waals surface area (Å²) in [7, 11) is -3.89. The van der Waals surface area contributed by atoms with Crippen LogP contribution in [-0.2, 0) is 10.0 Å². The molecule has 0 atom stereocenters. The van der Waals surface area contributed by atoms with Crippen LogP contribution >= 0.6 is 23.2 Å². The number of hydrogen-bond acceptors (Lipinski definition) is 5. The van der Waals surface area contributed by atoms with Crippen molar-refractivity contribution in [3.63, 3.8) is 0 Å². The van der Waals surface area contributed by atoms with E-state index in [1.807, 2.05) is 0 Å². The molecule has 0 N–H and O–H groups in total. The summed E-state index contributed by atoms with van der Waals surface area (Å²) in [6, 6.07) is 7.86. The van der Waals surface area contributed by atoms with E-state index in [1.54, 1.807) is 18.2 Å². The number of nitrogens with zero attached hydrogens (tertiary/aromatic N) is 4. The molecule has 0 saturated carbocycles. The van der Waals surface area contributed by atoms with Gasteiger partial charge in [0.25, 0.3) is 10.0 Å². The van der Waals surface area contributed by atoms with E-state index >= 15 is 0 Å². The highest BCUT2D eigenvalue weighted by atomic mass is 35.5. The van der Waals surface area contributed by atoms with Crippen LogP contribution in [0.15, 0.2) is 41.6 Å². The zero-order chi connectivity index (χ0) is 14.3. The molecule has 3 rings (SSSR count). The lowest BCUT2D eigenvalue weighted by Crippen LogP contribution is -2.15. The third kappa shape index (κ3) is 1.94. The molecule has 6 nitrogen and oxygen atoms in total. The fraction of sp³-hybridized carbons (Fsp3) is 0. The van der Waals surface area contributed by atoms with Crippen LogP contribution < -0.4 is 0 Å². The van der Waals surface area contributed by atoms with Crippen molar-refractivity contribution >= 4 is 44.3 Å². The number of hydrogen-bond donors (Lipinski definition) is 0. The van der Waals surface area contributed by atoms with Gasteiger partial charge >= 0.3 is 0 Å². The van der Waals surface area contributed by atoms with E-state index in [-0.39, 0.29) is 26.2 Å². The van der Waals surface area contributed by atoms with Crippen molar-refractivity contribution in [2.24, 2.45) is 0 Å². The van der Waals surface area contributed by atoms with Crippen molar-refractivity contribution in [1.82, 2.24) is 19.2 Å². The van der Waals surface area contributed by atoms with Crippen LogP contribution in [0.2, 0.25) is 10.3 Å². The highest BCUT2D eigenvalue weighted by Gasteiger charge is 2.24. The Morgan fingerprint density at radius 2 is 1.70 bits per heavy atom. The third-order valence-electron chi connectivity index (χ3n) is 2.62. The molecule has 0 radical (unpaired) electrons. The highest BCUT2D eigenvalue weighted by molar-refractivity contribution is 7.90. The molecule has 2 aromatic heterocycles. The van der Waals surface area contributed by atoms with Gasteiger partial charge in [-0.3, -0.25) is 0 Å². The van der Waals surface area contributed by atoms with Gasteiger partial charge in [-0.05, 0) is 12.1 Å². The van der Waals surface area contributed by atoms with Crippen molar-refractivity contribution in [2.75, 3.05) is 0 Å². The Labute approximate surface area is 124 Å². The van der Waals surface area contributed by atoms with Crippen molar-refractivity contribution in [3.8, 4) is 0 Å². The molecule has 0 spiro atoms. The van der Waals surface area contributed by atoms with E-state index in [9.17, 15) is 8.42 Å². The lowest BCUT2D eigenvalue weighted by molar-refractivity contribution is 0.582. The molecule has 20 heavy (non-hydrogen) atoms. The number of fused-ring (bicyclic) bond motifs is 1. The molecule has 9 heteroatoms. The van der Waals surface area contributed by atoms with Crippen molar-refractivity contribution < 1.29 is 8.42 Å². The van der Waals surface area contributed by atoms with Crippen LogP contribution in [0.25, 0.3) is 11.0 Å². The molecule has 1 aromatic carbocycles. The number of benzene rings is 1. The lowest BCUT2D eigenvalue weighted by atomic mass is 10.4. The third-order valence-corrected chi connectivity index (χ3v) is 4.74. The van der Waals surface area contributed by atoms with Gasteiger partial charge in [-0.1, -0.05) is 41.4 Å². The van der Waals surface area contributed by atoms with Gasteiger partial charge < -0.3 is 0 Å². The monoisotopic (exact) mass is 328 g/mol. The minimum atomic E-state index is -3.89. The van der Waals surface area contributed by atoms with Crippen LogP contribution in [0.4, 0.5) is 0 Å². The molecule has 0 amide bonds. The van der Waals surface area contributed by atoms with E-state index in [4.69, 9.17) is 23.2 Å². The summed E-state index contributed by atoms with van der Waals surface area (Å²) in [4.78, 5) is 7.73. The standard InChI is InChI=1S/C11H6Cl2N4O2S/c12-9-8-10(13)16-17(11(8)15-6-14-9)20(18,19)7-4-2-1-3-5-7/h1-6H. The van der Waals surface area contributed by atoms with Gasteiger partial charge in [-0.2, -0.15) is 8.42 Å². The number of rotatable bonds is 2. The molecule has 0 aliphatic carbocycles. The van der Waals surface area contributed by atoms with E-state index in [0.717, 1.165) is 10.4 Å². The summed E-state index contributed by atoms with van der Waals surface area (Å²) in [5, 5.41) is 4.00. The maximum atomic E-state index is 12.5. The molecular formula is C11H6Cl2N4O2S. The maximum absolute atomic E-state index is 12.5. The molecule has 0 unspecified atom stereocenters. The van der Waals surface area contributed by atoms with Crippen LogP contribution in [0, 0.1) is 0 Å². The average molecular weight is 329 g/mol. The van der Waals surface area contributed by atoms with Crippen molar-refractivity contribution in [2.45, 2.75) is 4.90 Å². The Morgan fingerprint density at radius 1 is 1.00 bits per heavy atom. The smallest absolute Gasteiger partial charge is 0.224 e. The summed E-state index contributed by atoms with van der Waals surface area (Å²) in [6.45, 7) is 0. The highest BCUT2D eigenvalue weighted by Crippen LogP contribution is 2.28. The predicted octanol–water partition coefficient (Wildman–Crippen LogP) is 2.37. The van der Waals surface area contributed by atoms with Crippen LogP contribution in [-0.4, -0.2) is 27.6 Å². The molecule has 3 aromatic rings. The topological polar surface area (TPSA) is 77.7 Å². The van der Waals surface area contributed by atoms with Crippen molar-refractivity contribution in [3.05, 3.63) is 47.0 Å². The first-order chi connectivity index (χ1) is 9.51. The molecule has 2 heterocycles. The summed E-state index contributed by atoms with van der Waals surface area (Å²) in [5.74, 6) is 0. The van der Waals surface area contributed by atoms with Gasteiger partial charge in [0.05, 0.1) is 10.3 Å². The average Bonchev–Trinajstić information content (AvgIpc) is 2.79. The number of aromatic nitrogens is 4. The molecule has 0 bridgehead atoms. The molecule has 0 saturated heterocycles.